The Morgan fingerprint density at radius 3 is 2.27 bits per heavy atom. The van der Waals surface area contributed by atoms with Gasteiger partial charge in [0.05, 0.1) is 28.5 Å². The molecular weight excluding hydrogens is 377 g/mol. The number of rotatable bonds is 5. The van der Waals surface area contributed by atoms with Crippen LogP contribution in [0, 0.1) is 5.82 Å². The zero-order chi connectivity index (χ0) is 21.3. The van der Waals surface area contributed by atoms with Crippen LogP contribution < -0.4 is 16.0 Å². The highest BCUT2D eigenvalue weighted by atomic mass is 19.1. The lowest BCUT2D eigenvalue weighted by Gasteiger charge is -2.26. The van der Waals surface area contributed by atoms with Gasteiger partial charge in [0.1, 0.15) is 11.6 Å². The van der Waals surface area contributed by atoms with E-state index in [1.807, 2.05) is 42.5 Å². The maximum absolute atomic E-state index is 13.2. The van der Waals surface area contributed by atoms with Gasteiger partial charge in [-0.25, -0.2) is 4.39 Å². The molecule has 0 saturated carbocycles. The minimum absolute atomic E-state index is 0.183. The van der Waals surface area contributed by atoms with Crippen LogP contribution >= 0.6 is 0 Å². The van der Waals surface area contributed by atoms with E-state index in [0.29, 0.717) is 12.4 Å². The largest absolute Gasteiger partial charge is 0.368 e. The lowest BCUT2D eigenvalue weighted by Crippen LogP contribution is -2.28. The monoisotopic (exact) mass is 401 g/mol. The number of nitrogens with one attached hydrogen (secondary N) is 3. The fourth-order valence-corrected chi connectivity index (χ4v) is 3.29. The highest BCUT2D eigenvalue weighted by Gasteiger charge is 2.21. The molecule has 30 heavy (non-hydrogen) atoms. The predicted molar refractivity (Wildman–Crippen MR) is 121 cm³/mol. The van der Waals surface area contributed by atoms with E-state index in [4.69, 9.17) is 0 Å². The summed E-state index contributed by atoms with van der Waals surface area (Å²) < 4.78 is 13.2. The third kappa shape index (κ3) is 4.03. The number of aromatic nitrogens is 2. The predicted octanol–water partition coefficient (Wildman–Crippen LogP) is 5.54. The average molecular weight is 401 g/mol. The summed E-state index contributed by atoms with van der Waals surface area (Å²) in [4.78, 5) is 0. The van der Waals surface area contributed by atoms with Crippen LogP contribution in [0.25, 0.3) is 11.3 Å². The van der Waals surface area contributed by atoms with Crippen LogP contribution in [-0.4, -0.2) is 16.7 Å². The SMILES string of the molecule is C=C1Nc2ccc(-c3ccc(NCC(C)(C)c4ccc(F)cc4)nn3)cc2NC1=C. The van der Waals surface area contributed by atoms with Crippen LogP contribution in [0.2, 0.25) is 0 Å². The van der Waals surface area contributed by atoms with Crippen molar-refractivity contribution in [1.82, 2.24) is 10.2 Å². The van der Waals surface area contributed by atoms with Gasteiger partial charge in [0.25, 0.3) is 0 Å². The molecule has 0 unspecified atom stereocenters. The van der Waals surface area contributed by atoms with Gasteiger partial charge in [-0.05, 0) is 42.0 Å². The molecule has 152 valence electrons. The van der Waals surface area contributed by atoms with Crippen molar-refractivity contribution in [2.75, 3.05) is 22.5 Å². The van der Waals surface area contributed by atoms with Crippen molar-refractivity contribution in [3.63, 3.8) is 0 Å². The molecule has 3 aromatic rings. The second-order valence-electron chi connectivity index (χ2n) is 8.02. The number of nitrogens with zero attached hydrogens (tertiary/aromatic N) is 2. The first kappa shape index (κ1) is 19.6. The summed E-state index contributed by atoms with van der Waals surface area (Å²) in [5.41, 5.74) is 5.98. The van der Waals surface area contributed by atoms with E-state index in [9.17, 15) is 4.39 Å². The van der Waals surface area contributed by atoms with Gasteiger partial charge in [0.15, 0.2) is 0 Å². The first-order chi connectivity index (χ1) is 14.3. The van der Waals surface area contributed by atoms with Gasteiger partial charge < -0.3 is 16.0 Å². The second kappa shape index (κ2) is 7.63. The fourth-order valence-electron chi connectivity index (χ4n) is 3.29. The molecule has 0 spiro atoms. The zero-order valence-corrected chi connectivity index (χ0v) is 17.1. The van der Waals surface area contributed by atoms with E-state index in [1.165, 1.54) is 12.1 Å². The fraction of sp³-hybridized carbons (Fsp3) is 0.167. The van der Waals surface area contributed by atoms with Gasteiger partial charge in [0.2, 0.25) is 0 Å². The maximum atomic E-state index is 13.2. The Bertz CT molecular complexity index is 1100. The molecule has 1 aliphatic rings. The van der Waals surface area contributed by atoms with Crippen molar-refractivity contribution in [3.05, 3.63) is 90.5 Å². The molecule has 2 heterocycles. The molecule has 2 aromatic carbocycles. The molecular formula is C24H24FN5. The summed E-state index contributed by atoms with van der Waals surface area (Å²) in [7, 11) is 0. The second-order valence-corrected chi connectivity index (χ2v) is 8.02. The van der Waals surface area contributed by atoms with Gasteiger partial charge in [-0.1, -0.05) is 45.2 Å². The van der Waals surface area contributed by atoms with E-state index in [0.717, 1.165) is 39.6 Å². The minimum Gasteiger partial charge on any atom is -0.368 e. The van der Waals surface area contributed by atoms with E-state index >= 15 is 0 Å². The standard InChI is InChI=1S/C24H24FN5/c1-15-16(2)28-22-13-17(5-10-21(22)27-15)20-11-12-23(30-29-20)26-14-24(3,4)18-6-8-19(25)9-7-18/h5-13,27-28H,1-2,14H2,3-4H3,(H,26,30). The summed E-state index contributed by atoms with van der Waals surface area (Å²) in [6.45, 7) is 12.7. The molecule has 0 bridgehead atoms. The molecule has 5 nitrogen and oxygen atoms in total. The van der Waals surface area contributed by atoms with Crippen LogP contribution in [0.5, 0.6) is 0 Å². The number of halogens is 1. The Morgan fingerprint density at radius 2 is 1.60 bits per heavy atom. The third-order valence-corrected chi connectivity index (χ3v) is 5.25. The Kier molecular flexibility index (Phi) is 4.99. The van der Waals surface area contributed by atoms with Gasteiger partial charge in [-0.2, -0.15) is 0 Å². The van der Waals surface area contributed by atoms with E-state index in [-0.39, 0.29) is 11.2 Å². The van der Waals surface area contributed by atoms with Crippen molar-refractivity contribution in [2.24, 2.45) is 0 Å². The molecule has 1 aliphatic heterocycles. The van der Waals surface area contributed by atoms with Gasteiger partial charge in [-0.3, -0.25) is 0 Å². The number of hydrogen-bond donors (Lipinski definition) is 3. The lowest BCUT2D eigenvalue weighted by molar-refractivity contribution is 0.552. The molecule has 1 aromatic heterocycles. The number of benzene rings is 2. The quantitative estimate of drug-likeness (QED) is 0.524. The molecule has 0 fully saturated rings. The van der Waals surface area contributed by atoms with Crippen molar-refractivity contribution in [2.45, 2.75) is 19.3 Å². The van der Waals surface area contributed by atoms with Gasteiger partial charge in [-0.15, -0.1) is 10.2 Å². The molecule has 0 atom stereocenters. The van der Waals surface area contributed by atoms with Crippen LogP contribution in [0.15, 0.2) is 79.1 Å². The number of fused-ring (bicyclic) bond motifs is 1. The van der Waals surface area contributed by atoms with Crippen LogP contribution in [-0.2, 0) is 5.41 Å². The molecule has 6 heteroatoms. The molecule has 0 aliphatic carbocycles. The Labute approximate surface area is 175 Å². The summed E-state index contributed by atoms with van der Waals surface area (Å²) in [5, 5.41) is 18.5. The van der Waals surface area contributed by atoms with E-state index < -0.39 is 0 Å². The molecule has 4 rings (SSSR count). The number of hydrogen-bond acceptors (Lipinski definition) is 5. The highest BCUT2D eigenvalue weighted by molar-refractivity contribution is 5.82. The van der Waals surface area contributed by atoms with Crippen molar-refractivity contribution in [3.8, 4) is 11.3 Å². The van der Waals surface area contributed by atoms with Crippen LogP contribution in [0.3, 0.4) is 0 Å². The Hall–Kier alpha value is -3.67. The highest BCUT2D eigenvalue weighted by Crippen LogP contribution is 2.34. The van der Waals surface area contributed by atoms with Crippen LogP contribution in [0.4, 0.5) is 21.6 Å². The normalized spacial score (nSPS) is 13.3. The zero-order valence-electron chi connectivity index (χ0n) is 17.1. The first-order valence-corrected chi connectivity index (χ1v) is 9.72. The van der Waals surface area contributed by atoms with Crippen molar-refractivity contribution < 1.29 is 4.39 Å². The van der Waals surface area contributed by atoms with Gasteiger partial charge >= 0.3 is 0 Å². The summed E-state index contributed by atoms with van der Waals surface area (Å²) >= 11 is 0. The lowest BCUT2D eigenvalue weighted by atomic mass is 9.84. The van der Waals surface area contributed by atoms with Crippen molar-refractivity contribution in [1.29, 1.82) is 0 Å². The van der Waals surface area contributed by atoms with Gasteiger partial charge in [0, 0.05) is 17.5 Å². The molecule has 0 radical (unpaired) electrons. The average Bonchev–Trinajstić information content (AvgIpc) is 2.74. The Balaban J connectivity index is 1.46. The van der Waals surface area contributed by atoms with Crippen molar-refractivity contribution >= 4 is 17.2 Å². The molecule has 0 saturated heterocycles. The Morgan fingerprint density at radius 1 is 0.900 bits per heavy atom. The number of anilines is 3. The van der Waals surface area contributed by atoms with Crippen LogP contribution in [0.1, 0.15) is 19.4 Å². The summed E-state index contributed by atoms with van der Waals surface area (Å²) in [6, 6.07) is 16.4. The summed E-state index contributed by atoms with van der Waals surface area (Å²) in [5.74, 6) is 0.461. The minimum atomic E-state index is -0.230. The van der Waals surface area contributed by atoms with E-state index in [1.54, 1.807) is 0 Å². The molecule has 0 amide bonds. The smallest absolute Gasteiger partial charge is 0.148 e. The summed E-state index contributed by atoms with van der Waals surface area (Å²) in [6.07, 6.45) is 0. The van der Waals surface area contributed by atoms with E-state index in [2.05, 4.69) is 53.2 Å². The maximum Gasteiger partial charge on any atom is 0.148 e. The molecule has 3 N–H and O–H groups in total. The topological polar surface area (TPSA) is 61.9 Å². The third-order valence-electron chi connectivity index (χ3n) is 5.25. The first-order valence-electron chi connectivity index (χ1n) is 9.72.